The highest BCUT2D eigenvalue weighted by atomic mass is 19.1. The van der Waals surface area contributed by atoms with Gasteiger partial charge in [-0.25, -0.2) is 9.18 Å². The minimum atomic E-state index is -0.888. The van der Waals surface area contributed by atoms with E-state index in [2.05, 4.69) is 10.2 Å². The fraction of sp³-hybridized carbons (Fsp3) is 0.300. The van der Waals surface area contributed by atoms with Crippen LogP contribution in [-0.4, -0.2) is 79.0 Å². The van der Waals surface area contributed by atoms with E-state index in [-0.39, 0.29) is 24.2 Å². The van der Waals surface area contributed by atoms with E-state index >= 15 is 0 Å². The minimum Gasteiger partial charge on any atom is -0.497 e. The molecule has 40 heavy (non-hydrogen) atoms. The van der Waals surface area contributed by atoms with E-state index < -0.39 is 18.2 Å². The summed E-state index contributed by atoms with van der Waals surface area (Å²) in [7, 11) is 3.56. The summed E-state index contributed by atoms with van der Waals surface area (Å²) in [5.74, 6) is -0.199. The molecule has 9 nitrogen and oxygen atoms in total. The first-order valence-electron chi connectivity index (χ1n) is 13.1. The number of nitrogens with one attached hydrogen (secondary N) is 1. The SMILES string of the molecule is COc1ccc(C(=O)Nc2ccc(C3OC(=O)N(Cc4ccc(F)cc4)C3C(=O)N3CCN(C)CC3)cc2)cc1. The average molecular weight is 547 g/mol. The van der Waals surface area contributed by atoms with Crippen LogP contribution in [0.5, 0.6) is 5.75 Å². The standard InChI is InChI=1S/C30H31FN4O5/c1-33-15-17-34(18-16-33)29(37)26-27(40-30(38)35(26)19-20-3-9-23(31)10-4-20)21-5-11-24(12-6-21)32-28(36)22-7-13-25(39-2)14-8-22/h3-14,26-27H,15-19H2,1-2H3,(H,32,36). The van der Waals surface area contributed by atoms with E-state index in [1.807, 2.05) is 7.05 Å². The highest BCUT2D eigenvalue weighted by Crippen LogP contribution is 2.35. The van der Waals surface area contributed by atoms with Gasteiger partial charge in [-0.15, -0.1) is 0 Å². The molecule has 2 heterocycles. The number of piperazine rings is 1. The molecule has 3 aromatic carbocycles. The Morgan fingerprint density at radius 3 is 2.23 bits per heavy atom. The number of carbonyl (C=O) groups excluding carboxylic acids is 3. The zero-order chi connectivity index (χ0) is 28.2. The molecule has 2 atom stereocenters. The van der Waals surface area contributed by atoms with Gasteiger partial charge in [0.05, 0.1) is 13.7 Å². The molecule has 0 spiro atoms. The van der Waals surface area contributed by atoms with Crippen LogP contribution in [-0.2, 0) is 16.1 Å². The lowest BCUT2D eigenvalue weighted by Gasteiger charge is -2.36. The quantitative estimate of drug-likeness (QED) is 0.483. The van der Waals surface area contributed by atoms with Crippen LogP contribution in [0.1, 0.15) is 27.6 Å². The zero-order valence-corrected chi connectivity index (χ0v) is 22.4. The molecule has 0 radical (unpaired) electrons. The molecule has 3 amide bonds. The van der Waals surface area contributed by atoms with Crippen LogP contribution in [0.2, 0.25) is 0 Å². The van der Waals surface area contributed by atoms with Gasteiger partial charge in [0, 0.05) is 37.4 Å². The van der Waals surface area contributed by atoms with E-state index in [1.165, 1.54) is 17.0 Å². The van der Waals surface area contributed by atoms with Crippen molar-refractivity contribution < 1.29 is 28.2 Å². The Hall–Kier alpha value is -4.44. The Morgan fingerprint density at radius 1 is 0.950 bits per heavy atom. The molecule has 208 valence electrons. The smallest absolute Gasteiger partial charge is 0.411 e. The zero-order valence-electron chi connectivity index (χ0n) is 22.4. The summed E-state index contributed by atoms with van der Waals surface area (Å²) >= 11 is 0. The number of anilines is 1. The second-order valence-electron chi connectivity index (χ2n) is 9.94. The van der Waals surface area contributed by atoms with Gasteiger partial charge in [0.25, 0.3) is 5.91 Å². The molecular weight excluding hydrogens is 515 g/mol. The largest absolute Gasteiger partial charge is 0.497 e. The van der Waals surface area contributed by atoms with Gasteiger partial charge >= 0.3 is 6.09 Å². The highest BCUT2D eigenvalue weighted by Gasteiger charge is 2.48. The van der Waals surface area contributed by atoms with E-state index in [4.69, 9.17) is 9.47 Å². The van der Waals surface area contributed by atoms with Crippen LogP contribution in [0.25, 0.3) is 0 Å². The van der Waals surface area contributed by atoms with Crippen LogP contribution in [0.15, 0.2) is 72.8 Å². The number of methoxy groups -OCH3 is 1. The second-order valence-corrected chi connectivity index (χ2v) is 9.94. The molecule has 2 aliphatic heterocycles. The fourth-order valence-corrected chi connectivity index (χ4v) is 4.90. The first-order valence-corrected chi connectivity index (χ1v) is 13.1. The molecule has 0 aliphatic carbocycles. The first kappa shape index (κ1) is 27.1. The van der Waals surface area contributed by atoms with Crippen molar-refractivity contribution >= 4 is 23.6 Å². The predicted molar refractivity (Wildman–Crippen MR) is 146 cm³/mol. The number of hydrogen-bond donors (Lipinski definition) is 1. The van der Waals surface area contributed by atoms with Crippen molar-refractivity contribution in [2.75, 3.05) is 45.7 Å². The van der Waals surface area contributed by atoms with Crippen molar-refractivity contribution in [2.24, 2.45) is 0 Å². The molecule has 2 unspecified atom stereocenters. The Morgan fingerprint density at radius 2 is 1.60 bits per heavy atom. The molecule has 0 aromatic heterocycles. The lowest BCUT2D eigenvalue weighted by atomic mass is 9.99. The topological polar surface area (TPSA) is 91.4 Å². The lowest BCUT2D eigenvalue weighted by molar-refractivity contribution is -0.138. The van der Waals surface area contributed by atoms with E-state index in [1.54, 1.807) is 72.7 Å². The summed E-state index contributed by atoms with van der Waals surface area (Å²) in [6, 6.07) is 18.6. The molecule has 10 heteroatoms. The van der Waals surface area contributed by atoms with Gasteiger partial charge in [0.1, 0.15) is 11.6 Å². The molecule has 2 fully saturated rings. The van der Waals surface area contributed by atoms with Crippen molar-refractivity contribution in [3.63, 3.8) is 0 Å². The Labute approximate surface area is 232 Å². The number of hydrogen-bond acceptors (Lipinski definition) is 6. The third kappa shape index (κ3) is 5.91. The van der Waals surface area contributed by atoms with Gasteiger partial charge in [0.15, 0.2) is 12.1 Å². The normalized spacial score (nSPS) is 19.3. The second kappa shape index (κ2) is 11.7. The number of likely N-dealkylation sites (N-methyl/N-ethyl adjacent to an activating group) is 1. The van der Waals surface area contributed by atoms with Crippen molar-refractivity contribution in [1.82, 2.24) is 14.7 Å². The summed E-state index contributed by atoms with van der Waals surface area (Å²) < 4.78 is 24.4. The Balaban J connectivity index is 1.36. The molecule has 0 bridgehead atoms. The summed E-state index contributed by atoms with van der Waals surface area (Å²) in [5, 5.41) is 2.85. The molecule has 2 aliphatic rings. The van der Waals surface area contributed by atoms with Crippen molar-refractivity contribution in [3.8, 4) is 5.75 Å². The number of rotatable bonds is 7. The van der Waals surface area contributed by atoms with E-state index in [0.717, 1.165) is 13.1 Å². The third-order valence-corrected chi connectivity index (χ3v) is 7.27. The van der Waals surface area contributed by atoms with Crippen molar-refractivity contribution in [1.29, 1.82) is 0 Å². The number of benzene rings is 3. The number of ether oxygens (including phenoxy) is 2. The minimum absolute atomic E-state index is 0.107. The first-order chi connectivity index (χ1) is 19.3. The van der Waals surface area contributed by atoms with Crippen LogP contribution in [0.4, 0.5) is 14.9 Å². The van der Waals surface area contributed by atoms with Gasteiger partial charge in [-0.3, -0.25) is 14.5 Å². The molecule has 0 saturated carbocycles. The maximum absolute atomic E-state index is 13.8. The van der Waals surface area contributed by atoms with Gasteiger partial charge in [-0.1, -0.05) is 24.3 Å². The Kier molecular flexibility index (Phi) is 7.97. The summed E-state index contributed by atoms with van der Waals surface area (Å²) in [6.45, 7) is 2.67. The predicted octanol–water partition coefficient (Wildman–Crippen LogP) is 3.92. The number of halogens is 1. The summed E-state index contributed by atoms with van der Waals surface area (Å²) in [4.78, 5) is 44.9. The van der Waals surface area contributed by atoms with Gasteiger partial charge in [-0.05, 0) is 66.7 Å². The fourth-order valence-electron chi connectivity index (χ4n) is 4.90. The molecular formula is C30H31FN4O5. The van der Waals surface area contributed by atoms with Gasteiger partial charge < -0.3 is 24.6 Å². The number of cyclic esters (lactones) is 1. The van der Waals surface area contributed by atoms with E-state index in [0.29, 0.717) is 41.2 Å². The lowest BCUT2D eigenvalue weighted by Crippen LogP contribution is -2.54. The monoisotopic (exact) mass is 546 g/mol. The molecule has 2 saturated heterocycles. The molecule has 1 N–H and O–H groups in total. The highest BCUT2D eigenvalue weighted by molar-refractivity contribution is 6.04. The van der Waals surface area contributed by atoms with Crippen LogP contribution < -0.4 is 10.1 Å². The maximum Gasteiger partial charge on any atom is 0.411 e. The average Bonchev–Trinajstić information content (AvgIpc) is 3.30. The van der Waals surface area contributed by atoms with E-state index in [9.17, 15) is 18.8 Å². The van der Waals surface area contributed by atoms with Crippen LogP contribution in [0, 0.1) is 5.82 Å². The van der Waals surface area contributed by atoms with Crippen molar-refractivity contribution in [2.45, 2.75) is 18.7 Å². The third-order valence-electron chi connectivity index (χ3n) is 7.27. The summed E-state index contributed by atoms with van der Waals surface area (Å²) in [5.41, 5.74) is 2.35. The number of nitrogens with zero attached hydrogens (tertiary/aromatic N) is 3. The maximum atomic E-state index is 13.8. The number of amides is 3. The van der Waals surface area contributed by atoms with Crippen LogP contribution in [0.3, 0.4) is 0 Å². The Bertz CT molecular complexity index is 1360. The summed E-state index contributed by atoms with van der Waals surface area (Å²) in [6.07, 6.45) is -1.45. The van der Waals surface area contributed by atoms with Gasteiger partial charge in [0.2, 0.25) is 5.91 Å². The van der Waals surface area contributed by atoms with Crippen molar-refractivity contribution in [3.05, 3.63) is 95.3 Å². The molecule has 3 aromatic rings. The van der Waals surface area contributed by atoms with Gasteiger partial charge in [-0.2, -0.15) is 0 Å². The number of carbonyl (C=O) groups is 3. The molecule has 5 rings (SSSR count). The van der Waals surface area contributed by atoms with Crippen LogP contribution >= 0.6 is 0 Å².